The second-order valence-electron chi connectivity index (χ2n) is 4.07. The smallest absolute Gasteiger partial charge is 0.220 e. The van der Waals surface area contributed by atoms with Gasteiger partial charge >= 0.3 is 0 Å². The molecule has 1 aromatic carbocycles. The fourth-order valence-electron chi connectivity index (χ4n) is 1.43. The number of nitrogens with zero attached hydrogens (tertiary/aromatic N) is 1. The molecule has 3 nitrogen and oxygen atoms in total. The van der Waals surface area contributed by atoms with Crippen LogP contribution in [-0.4, -0.2) is 15.8 Å². The molecular weight excluding hydrogens is 200 g/mol. The minimum atomic E-state index is -0.0788. The van der Waals surface area contributed by atoms with Crippen LogP contribution < -0.4 is 0 Å². The van der Waals surface area contributed by atoms with Crippen LogP contribution >= 0.6 is 0 Å². The third-order valence-electron chi connectivity index (χ3n) is 2.26. The topological polar surface area (TPSA) is 45.8 Å². The Bertz CT molecular complexity index is 505. The van der Waals surface area contributed by atoms with Gasteiger partial charge in [-0.05, 0) is 24.1 Å². The zero-order valence-electron chi connectivity index (χ0n) is 9.40. The number of imidazole rings is 1. The van der Waals surface area contributed by atoms with Crippen LogP contribution in [0.25, 0.3) is 11.0 Å². The number of hydrogen-bond acceptors (Lipinski definition) is 2. The number of rotatable bonds is 3. The molecule has 0 spiro atoms. The Kier molecular flexibility index (Phi) is 2.86. The second-order valence-corrected chi connectivity index (χ2v) is 4.07. The monoisotopic (exact) mass is 214 g/mol. The molecule has 0 atom stereocenters. The number of allylic oxidation sites excluding steroid dienone is 2. The molecule has 0 aliphatic rings. The van der Waals surface area contributed by atoms with E-state index in [4.69, 9.17) is 0 Å². The van der Waals surface area contributed by atoms with E-state index >= 15 is 0 Å². The van der Waals surface area contributed by atoms with E-state index in [9.17, 15) is 4.79 Å². The molecule has 0 saturated heterocycles. The van der Waals surface area contributed by atoms with Crippen molar-refractivity contribution < 1.29 is 4.79 Å². The number of para-hydroxylation sites is 2. The number of carbonyl (C=O) groups excluding carboxylic acids is 1. The third kappa shape index (κ3) is 2.19. The maximum absolute atomic E-state index is 11.7. The lowest BCUT2D eigenvalue weighted by molar-refractivity contribution is 0.103. The van der Waals surface area contributed by atoms with Gasteiger partial charge in [-0.15, -0.1) is 0 Å². The highest BCUT2D eigenvalue weighted by molar-refractivity contribution is 6.03. The number of hydrogen-bond donors (Lipinski definition) is 1. The lowest BCUT2D eigenvalue weighted by atomic mass is 10.2. The van der Waals surface area contributed by atoms with Gasteiger partial charge in [0, 0.05) is 0 Å². The Labute approximate surface area is 94.2 Å². The number of fused-ring (bicyclic) bond motifs is 1. The van der Waals surface area contributed by atoms with Gasteiger partial charge in [0.1, 0.15) is 0 Å². The summed E-state index contributed by atoms with van der Waals surface area (Å²) >= 11 is 0. The minimum Gasteiger partial charge on any atom is -0.335 e. The normalized spacial score (nSPS) is 11.7. The van der Waals surface area contributed by atoms with E-state index in [2.05, 4.69) is 9.97 Å². The van der Waals surface area contributed by atoms with E-state index in [1.165, 1.54) is 0 Å². The van der Waals surface area contributed by atoms with Gasteiger partial charge < -0.3 is 4.98 Å². The van der Waals surface area contributed by atoms with E-state index in [-0.39, 0.29) is 5.78 Å². The molecule has 1 aromatic heterocycles. The molecule has 3 heteroatoms. The molecule has 0 aliphatic carbocycles. The van der Waals surface area contributed by atoms with Gasteiger partial charge in [-0.3, -0.25) is 4.79 Å². The van der Waals surface area contributed by atoms with Crippen LogP contribution in [0.1, 0.15) is 24.5 Å². The summed E-state index contributed by atoms with van der Waals surface area (Å²) in [5, 5.41) is 0. The molecule has 16 heavy (non-hydrogen) atoms. The van der Waals surface area contributed by atoms with Crippen LogP contribution in [0.5, 0.6) is 0 Å². The van der Waals surface area contributed by atoms with Gasteiger partial charge in [0.15, 0.2) is 5.82 Å². The standard InChI is InChI=1S/C13H14N2O/c1-9(2)7-8-12(16)13-14-10-5-3-4-6-11(10)15-13/h3-9H,1-2H3,(H,14,15)/b8-7+. The lowest BCUT2D eigenvalue weighted by Gasteiger charge is -1.92. The molecule has 1 heterocycles. The summed E-state index contributed by atoms with van der Waals surface area (Å²) in [6.45, 7) is 4.06. The first-order valence-corrected chi connectivity index (χ1v) is 5.34. The van der Waals surface area contributed by atoms with Crippen molar-refractivity contribution in [3.8, 4) is 0 Å². The van der Waals surface area contributed by atoms with E-state index in [1.807, 2.05) is 44.2 Å². The van der Waals surface area contributed by atoms with Crippen molar-refractivity contribution in [2.24, 2.45) is 5.92 Å². The summed E-state index contributed by atoms with van der Waals surface area (Å²) in [6.07, 6.45) is 3.44. The number of H-pyrrole nitrogens is 1. The summed E-state index contributed by atoms with van der Waals surface area (Å²) in [6, 6.07) is 7.61. The van der Waals surface area contributed by atoms with E-state index in [1.54, 1.807) is 6.08 Å². The van der Waals surface area contributed by atoms with Crippen molar-refractivity contribution >= 4 is 16.8 Å². The van der Waals surface area contributed by atoms with Gasteiger partial charge in [-0.1, -0.05) is 32.1 Å². The number of benzene rings is 1. The Morgan fingerprint density at radius 1 is 1.38 bits per heavy atom. The summed E-state index contributed by atoms with van der Waals surface area (Å²) in [5.74, 6) is 0.691. The number of aromatic amines is 1. The molecular formula is C13H14N2O. The highest BCUT2D eigenvalue weighted by Crippen LogP contribution is 2.11. The van der Waals surface area contributed by atoms with Crippen molar-refractivity contribution in [3.63, 3.8) is 0 Å². The molecule has 0 unspecified atom stereocenters. The van der Waals surface area contributed by atoms with Crippen LogP contribution in [0.3, 0.4) is 0 Å². The largest absolute Gasteiger partial charge is 0.335 e. The number of nitrogens with one attached hydrogen (secondary N) is 1. The summed E-state index contributed by atoms with van der Waals surface area (Å²) in [7, 11) is 0. The third-order valence-corrected chi connectivity index (χ3v) is 2.26. The van der Waals surface area contributed by atoms with Crippen LogP contribution in [0.2, 0.25) is 0 Å². The fraction of sp³-hybridized carbons (Fsp3) is 0.231. The van der Waals surface area contributed by atoms with E-state index in [0.717, 1.165) is 11.0 Å². The molecule has 0 fully saturated rings. The molecule has 0 aliphatic heterocycles. The Morgan fingerprint density at radius 3 is 2.81 bits per heavy atom. The zero-order valence-corrected chi connectivity index (χ0v) is 9.40. The number of carbonyl (C=O) groups is 1. The van der Waals surface area contributed by atoms with Crippen LogP contribution in [-0.2, 0) is 0 Å². The molecule has 2 aromatic rings. The molecule has 1 N–H and O–H groups in total. The van der Waals surface area contributed by atoms with Gasteiger partial charge in [0.05, 0.1) is 11.0 Å². The van der Waals surface area contributed by atoms with Crippen molar-refractivity contribution in [1.29, 1.82) is 0 Å². The Hall–Kier alpha value is -1.90. The number of aromatic nitrogens is 2. The first-order chi connectivity index (χ1) is 7.66. The molecule has 82 valence electrons. The molecule has 2 rings (SSSR count). The fourth-order valence-corrected chi connectivity index (χ4v) is 1.43. The highest BCUT2D eigenvalue weighted by atomic mass is 16.1. The second kappa shape index (κ2) is 4.31. The predicted molar refractivity (Wildman–Crippen MR) is 64.4 cm³/mol. The van der Waals surface area contributed by atoms with Crippen molar-refractivity contribution in [2.75, 3.05) is 0 Å². The quantitative estimate of drug-likeness (QED) is 0.630. The Morgan fingerprint density at radius 2 is 2.12 bits per heavy atom. The number of ketones is 1. The van der Waals surface area contributed by atoms with Crippen molar-refractivity contribution in [3.05, 3.63) is 42.2 Å². The predicted octanol–water partition coefficient (Wildman–Crippen LogP) is 2.96. The van der Waals surface area contributed by atoms with Crippen LogP contribution in [0.4, 0.5) is 0 Å². The maximum atomic E-state index is 11.7. The highest BCUT2D eigenvalue weighted by Gasteiger charge is 2.07. The van der Waals surface area contributed by atoms with Gasteiger partial charge in [0.2, 0.25) is 5.78 Å². The first-order valence-electron chi connectivity index (χ1n) is 5.34. The zero-order chi connectivity index (χ0) is 11.5. The summed E-state index contributed by atoms with van der Waals surface area (Å²) in [4.78, 5) is 19.0. The minimum absolute atomic E-state index is 0.0788. The maximum Gasteiger partial charge on any atom is 0.220 e. The molecule has 0 amide bonds. The summed E-state index contributed by atoms with van der Waals surface area (Å²) in [5.41, 5.74) is 1.72. The van der Waals surface area contributed by atoms with Gasteiger partial charge in [0.25, 0.3) is 0 Å². The lowest BCUT2D eigenvalue weighted by Crippen LogP contribution is -1.97. The van der Waals surface area contributed by atoms with Crippen LogP contribution in [0.15, 0.2) is 36.4 Å². The summed E-state index contributed by atoms with van der Waals surface area (Å²) < 4.78 is 0. The van der Waals surface area contributed by atoms with Gasteiger partial charge in [-0.25, -0.2) is 4.98 Å². The average molecular weight is 214 g/mol. The van der Waals surface area contributed by atoms with Crippen molar-refractivity contribution in [1.82, 2.24) is 9.97 Å². The Balaban J connectivity index is 2.30. The average Bonchev–Trinajstić information content (AvgIpc) is 2.69. The molecule has 0 bridgehead atoms. The van der Waals surface area contributed by atoms with E-state index in [0.29, 0.717) is 11.7 Å². The van der Waals surface area contributed by atoms with Gasteiger partial charge in [-0.2, -0.15) is 0 Å². The van der Waals surface area contributed by atoms with Crippen LogP contribution in [0, 0.1) is 5.92 Å². The first kappa shape index (κ1) is 10.6. The SMILES string of the molecule is CC(C)/C=C/C(=O)c1nc2ccccc2[nH]1. The molecule has 0 saturated carbocycles. The van der Waals surface area contributed by atoms with Crippen molar-refractivity contribution in [2.45, 2.75) is 13.8 Å². The molecule has 0 radical (unpaired) electrons. The van der Waals surface area contributed by atoms with E-state index < -0.39 is 0 Å².